The molecular formula is C8H16NO. The Labute approximate surface area is 62.6 Å². The lowest BCUT2D eigenvalue weighted by atomic mass is 10.0. The van der Waals surface area contributed by atoms with E-state index in [4.69, 9.17) is 0 Å². The van der Waals surface area contributed by atoms with Gasteiger partial charge in [-0.2, -0.15) is 0 Å². The van der Waals surface area contributed by atoms with Gasteiger partial charge in [-0.15, -0.1) is 0 Å². The molecule has 1 radical (unpaired) electrons. The minimum absolute atomic E-state index is 0.104. The molecule has 1 heterocycles. The molecule has 0 saturated carbocycles. The van der Waals surface area contributed by atoms with E-state index in [9.17, 15) is 5.11 Å². The van der Waals surface area contributed by atoms with Crippen LogP contribution in [0.3, 0.4) is 0 Å². The standard InChI is InChI=1S/C8H16NO/c10-6-4-8-3-1-2-5-9-7-8/h8-9H,1-7H2. The summed E-state index contributed by atoms with van der Waals surface area (Å²) < 4.78 is 0. The summed E-state index contributed by atoms with van der Waals surface area (Å²) in [5, 5.41) is 13.6. The molecule has 1 atom stereocenters. The summed E-state index contributed by atoms with van der Waals surface area (Å²) in [6.45, 7) is 2.32. The van der Waals surface area contributed by atoms with Crippen molar-refractivity contribution in [3.63, 3.8) is 0 Å². The van der Waals surface area contributed by atoms with Crippen LogP contribution in [0.5, 0.6) is 0 Å². The Morgan fingerprint density at radius 1 is 1.40 bits per heavy atom. The van der Waals surface area contributed by atoms with Crippen LogP contribution < -0.4 is 5.32 Å². The monoisotopic (exact) mass is 142 g/mol. The van der Waals surface area contributed by atoms with Crippen LogP contribution in [0.1, 0.15) is 25.7 Å². The second kappa shape index (κ2) is 4.69. The lowest BCUT2D eigenvalue weighted by Crippen LogP contribution is -2.20. The second-order valence-corrected chi connectivity index (χ2v) is 3.06. The van der Waals surface area contributed by atoms with Gasteiger partial charge in [-0.25, -0.2) is 5.11 Å². The molecule has 59 valence electrons. The summed E-state index contributed by atoms with van der Waals surface area (Å²) in [6.07, 6.45) is 4.72. The van der Waals surface area contributed by atoms with E-state index < -0.39 is 0 Å². The first-order valence-corrected chi connectivity index (χ1v) is 4.22. The van der Waals surface area contributed by atoms with Gasteiger partial charge in [0.15, 0.2) is 0 Å². The van der Waals surface area contributed by atoms with Gasteiger partial charge >= 0.3 is 0 Å². The quantitative estimate of drug-likeness (QED) is 0.617. The molecule has 0 amide bonds. The predicted molar refractivity (Wildman–Crippen MR) is 40.4 cm³/mol. The normalized spacial score (nSPS) is 27.9. The third kappa shape index (κ3) is 2.67. The van der Waals surface area contributed by atoms with E-state index in [0.29, 0.717) is 5.92 Å². The number of hydrogen-bond acceptors (Lipinski definition) is 1. The highest BCUT2D eigenvalue weighted by atomic mass is 16.3. The second-order valence-electron chi connectivity index (χ2n) is 3.06. The highest BCUT2D eigenvalue weighted by Gasteiger charge is 2.10. The van der Waals surface area contributed by atoms with E-state index in [1.54, 1.807) is 0 Å². The Kier molecular flexibility index (Phi) is 3.76. The smallest absolute Gasteiger partial charge is 0.0825 e. The van der Waals surface area contributed by atoms with E-state index in [0.717, 1.165) is 19.5 Å². The summed E-state index contributed by atoms with van der Waals surface area (Å²) in [4.78, 5) is 0. The average Bonchev–Trinajstić information content (AvgIpc) is 2.17. The molecule has 0 spiro atoms. The first-order chi connectivity index (χ1) is 4.93. The van der Waals surface area contributed by atoms with Crippen LogP contribution in [0.4, 0.5) is 0 Å². The molecule has 0 aromatic rings. The minimum Gasteiger partial charge on any atom is -0.316 e. The zero-order chi connectivity index (χ0) is 7.23. The van der Waals surface area contributed by atoms with E-state index in [1.807, 2.05) is 0 Å². The van der Waals surface area contributed by atoms with Crippen molar-refractivity contribution in [2.24, 2.45) is 5.92 Å². The Morgan fingerprint density at radius 3 is 3.10 bits per heavy atom. The van der Waals surface area contributed by atoms with Crippen LogP contribution in [0.2, 0.25) is 0 Å². The summed E-state index contributed by atoms with van der Waals surface area (Å²) in [5.74, 6) is 0.667. The first kappa shape index (κ1) is 8.02. The Balaban J connectivity index is 2.15. The molecular weight excluding hydrogens is 126 g/mol. The zero-order valence-electron chi connectivity index (χ0n) is 6.44. The highest BCUT2D eigenvalue weighted by molar-refractivity contribution is 4.66. The van der Waals surface area contributed by atoms with Crippen molar-refractivity contribution in [2.75, 3.05) is 19.7 Å². The fraction of sp³-hybridized carbons (Fsp3) is 1.00. The van der Waals surface area contributed by atoms with Crippen LogP contribution in [0, 0.1) is 5.92 Å². The van der Waals surface area contributed by atoms with Gasteiger partial charge in [-0.3, -0.25) is 0 Å². The molecule has 1 aliphatic rings. The van der Waals surface area contributed by atoms with Crippen molar-refractivity contribution in [3.8, 4) is 0 Å². The lowest BCUT2D eigenvalue weighted by Gasteiger charge is -2.10. The van der Waals surface area contributed by atoms with Gasteiger partial charge in [0.1, 0.15) is 0 Å². The van der Waals surface area contributed by atoms with E-state index in [1.165, 1.54) is 19.3 Å². The molecule has 2 nitrogen and oxygen atoms in total. The largest absolute Gasteiger partial charge is 0.316 e. The molecule has 0 aromatic carbocycles. The van der Waals surface area contributed by atoms with Crippen molar-refractivity contribution in [1.82, 2.24) is 5.32 Å². The highest BCUT2D eigenvalue weighted by Crippen LogP contribution is 2.13. The number of nitrogens with one attached hydrogen (secondary N) is 1. The van der Waals surface area contributed by atoms with Crippen molar-refractivity contribution >= 4 is 0 Å². The molecule has 1 N–H and O–H groups in total. The summed E-state index contributed by atoms with van der Waals surface area (Å²) in [5.41, 5.74) is 0. The first-order valence-electron chi connectivity index (χ1n) is 4.22. The molecule has 0 bridgehead atoms. The predicted octanol–water partition coefficient (Wildman–Crippen LogP) is 1.20. The van der Waals surface area contributed by atoms with Gasteiger partial charge in [0, 0.05) is 0 Å². The molecule has 10 heavy (non-hydrogen) atoms. The topological polar surface area (TPSA) is 31.9 Å². The molecule has 0 aliphatic carbocycles. The molecule has 2 heteroatoms. The molecule has 1 saturated heterocycles. The van der Waals surface area contributed by atoms with Crippen LogP contribution in [0.25, 0.3) is 0 Å². The maximum absolute atomic E-state index is 10.3. The van der Waals surface area contributed by atoms with Crippen LogP contribution in [-0.2, 0) is 5.11 Å². The van der Waals surface area contributed by atoms with Gasteiger partial charge in [-0.05, 0) is 38.3 Å². The van der Waals surface area contributed by atoms with E-state index >= 15 is 0 Å². The SMILES string of the molecule is [O]CCC1CCCCNC1. The fourth-order valence-corrected chi connectivity index (χ4v) is 1.50. The molecule has 0 aromatic heterocycles. The van der Waals surface area contributed by atoms with Gasteiger partial charge < -0.3 is 5.32 Å². The van der Waals surface area contributed by atoms with Gasteiger partial charge in [0.25, 0.3) is 0 Å². The third-order valence-corrected chi connectivity index (χ3v) is 2.18. The van der Waals surface area contributed by atoms with Crippen molar-refractivity contribution in [1.29, 1.82) is 0 Å². The molecule has 1 aliphatic heterocycles. The van der Waals surface area contributed by atoms with Crippen molar-refractivity contribution < 1.29 is 5.11 Å². The van der Waals surface area contributed by atoms with Gasteiger partial charge in [-0.1, -0.05) is 6.42 Å². The fourth-order valence-electron chi connectivity index (χ4n) is 1.50. The summed E-state index contributed by atoms with van der Waals surface area (Å²) in [6, 6.07) is 0. The van der Waals surface area contributed by atoms with Crippen molar-refractivity contribution in [3.05, 3.63) is 0 Å². The molecule has 1 fully saturated rings. The molecule has 1 rings (SSSR count). The van der Waals surface area contributed by atoms with Crippen molar-refractivity contribution in [2.45, 2.75) is 25.7 Å². The summed E-state index contributed by atoms with van der Waals surface area (Å²) in [7, 11) is 0. The van der Waals surface area contributed by atoms with Crippen LogP contribution in [-0.4, -0.2) is 19.7 Å². The average molecular weight is 142 g/mol. The van der Waals surface area contributed by atoms with Crippen LogP contribution >= 0.6 is 0 Å². The Morgan fingerprint density at radius 2 is 2.30 bits per heavy atom. The van der Waals surface area contributed by atoms with Gasteiger partial charge in [0.2, 0.25) is 0 Å². The molecule has 1 unspecified atom stereocenters. The minimum atomic E-state index is 0.104. The summed E-state index contributed by atoms with van der Waals surface area (Å²) >= 11 is 0. The van der Waals surface area contributed by atoms with E-state index in [-0.39, 0.29) is 6.61 Å². The Hall–Kier alpha value is -0.0800. The number of rotatable bonds is 2. The maximum atomic E-state index is 10.3. The number of hydrogen-bond donors (Lipinski definition) is 1. The maximum Gasteiger partial charge on any atom is 0.0825 e. The zero-order valence-corrected chi connectivity index (χ0v) is 6.44. The third-order valence-electron chi connectivity index (χ3n) is 2.18. The lowest BCUT2D eigenvalue weighted by molar-refractivity contribution is 0.168. The van der Waals surface area contributed by atoms with Crippen LogP contribution in [0.15, 0.2) is 0 Å². The van der Waals surface area contributed by atoms with Gasteiger partial charge in [0.05, 0.1) is 6.61 Å². The van der Waals surface area contributed by atoms with E-state index in [2.05, 4.69) is 5.32 Å². The Bertz CT molecular complexity index is 77.3.